The van der Waals surface area contributed by atoms with Gasteiger partial charge in [0.15, 0.2) is 14.6 Å². The van der Waals surface area contributed by atoms with E-state index in [-0.39, 0.29) is 12.8 Å². The Kier molecular flexibility index (Phi) is 4.74. The van der Waals surface area contributed by atoms with E-state index >= 15 is 0 Å². The molecule has 0 aromatic rings. The van der Waals surface area contributed by atoms with E-state index in [4.69, 9.17) is 0 Å². The predicted molar refractivity (Wildman–Crippen MR) is 59.2 cm³/mol. The van der Waals surface area contributed by atoms with Crippen LogP contribution in [0.1, 0.15) is 12.8 Å². The third kappa shape index (κ3) is 2.68. The molecule has 0 unspecified atom stereocenters. The molecule has 0 radical (unpaired) electrons. The molecule has 0 rings (SSSR count). The van der Waals surface area contributed by atoms with Crippen molar-refractivity contribution in [3.63, 3.8) is 0 Å². The van der Waals surface area contributed by atoms with Gasteiger partial charge in [-0.15, -0.1) is 13.2 Å². The third-order valence-corrected chi connectivity index (χ3v) is 4.13. The summed E-state index contributed by atoms with van der Waals surface area (Å²) in [6.45, 7) is 6.90. The number of esters is 1. The molecular formula is C10H16O4S. The van der Waals surface area contributed by atoms with Crippen molar-refractivity contribution >= 4 is 15.8 Å². The highest BCUT2D eigenvalue weighted by Gasteiger charge is 2.47. The van der Waals surface area contributed by atoms with Gasteiger partial charge < -0.3 is 4.74 Å². The van der Waals surface area contributed by atoms with E-state index in [2.05, 4.69) is 17.9 Å². The number of carbonyl (C=O) groups is 1. The molecule has 0 aliphatic carbocycles. The van der Waals surface area contributed by atoms with Gasteiger partial charge in [0.25, 0.3) is 0 Å². The molecule has 0 heterocycles. The lowest BCUT2D eigenvalue weighted by molar-refractivity contribution is -0.143. The van der Waals surface area contributed by atoms with Crippen molar-refractivity contribution in [3.8, 4) is 0 Å². The summed E-state index contributed by atoms with van der Waals surface area (Å²) in [7, 11) is -2.42. The summed E-state index contributed by atoms with van der Waals surface area (Å²) < 4.78 is 26.2. The van der Waals surface area contributed by atoms with Crippen molar-refractivity contribution in [2.24, 2.45) is 0 Å². The summed E-state index contributed by atoms with van der Waals surface area (Å²) in [4.78, 5) is 11.6. The zero-order chi connectivity index (χ0) is 12.1. The first-order chi connectivity index (χ1) is 6.85. The van der Waals surface area contributed by atoms with E-state index in [1.807, 2.05) is 0 Å². The molecule has 0 bridgehead atoms. The first-order valence-corrected chi connectivity index (χ1v) is 6.24. The van der Waals surface area contributed by atoms with Crippen molar-refractivity contribution in [2.75, 3.05) is 13.4 Å². The van der Waals surface area contributed by atoms with Gasteiger partial charge in [-0.1, -0.05) is 12.2 Å². The Morgan fingerprint density at radius 1 is 1.33 bits per heavy atom. The van der Waals surface area contributed by atoms with E-state index in [0.717, 1.165) is 13.4 Å². The number of rotatable bonds is 6. The lowest BCUT2D eigenvalue weighted by Gasteiger charge is -2.26. The van der Waals surface area contributed by atoms with Crippen LogP contribution in [0.5, 0.6) is 0 Å². The second-order valence-electron chi connectivity index (χ2n) is 3.24. The molecule has 0 aliphatic rings. The molecule has 0 N–H and O–H groups in total. The van der Waals surface area contributed by atoms with E-state index in [0.29, 0.717) is 0 Å². The van der Waals surface area contributed by atoms with Crippen LogP contribution in [0, 0.1) is 0 Å². The summed E-state index contributed by atoms with van der Waals surface area (Å²) in [5.74, 6) is -0.773. The van der Waals surface area contributed by atoms with Crippen molar-refractivity contribution < 1.29 is 17.9 Å². The van der Waals surface area contributed by atoms with E-state index in [9.17, 15) is 13.2 Å². The van der Waals surface area contributed by atoms with Crippen LogP contribution in [0.25, 0.3) is 0 Å². The normalized spacial score (nSPS) is 11.9. The highest BCUT2D eigenvalue weighted by atomic mass is 32.2. The van der Waals surface area contributed by atoms with Crippen LogP contribution in [0.4, 0.5) is 0 Å². The maximum Gasteiger partial charge on any atom is 0.327 e. The Hall–Kier alpha value is -1.10. The minimum absolute atomic E-state index is 0.0184. The quantitative estimate of drug-likeness (QED) is 0.508. The Bertz CT molecular complexity index is 344. The molecular weight excluding hydrogens is 216 g/mol. The lowest BCUT2D eigenvalue weighted by atomic mass is 10.0. The Labute approximate surface area is 90.5 Å². The van der Waals surface area contributed by atoms with Crippen LogP contribution in [-0.4, -0.2) is 32.5 Å². The molecule has 0 aromatic heterocycles. The first-order valence-electron chi connectivity index (χ1n) is 4.35. The molecule has 0 amide bonds. The number of carbonyl (C=O) groups excluding carboxylic acids is 1. The largest absolute Gasteiger partial charge is 0.468 e. The molecule has 86 valence electrons. The summed E-state index contributed by atoms with van der Waals surface area (Å²) in [6, 6.07) is 0. The second-order valence-corrected chi connectivity index (χ2v) is 5.57. The van der Waals surface area contributed by atoms with Gasteiger partial charge in [0.05, 0.1) is 7.11 Å². The van der Waals surface area contributed by atoms with Gasteiger partial charge in [0.2, 0.25) is 0 Å². The maximum absolute atomic E-state index is 11.6. The fraction of sp³-hybridized carbons (Fsp3) is 0.500. The van der Waals surface area contributed by atoms with Crippen LogP contribution >= 0.6 is 0 Å². The zero-order valence-electron chi connectivity index (χ0n) is 9.02. The van der Waals surface area contributed by atoms with Crippen molar-refractivity contribution in [2.45, 2.75) is 17.6 Å². The van der Waals surface area contributed by atoms with Gasteiger partial charge in [-0.3, -0.25) is 4.79 Å². The van der Waals surface area contributed by atoms with Gasteiger partial charge in [-0.05, 0) is 12.8 Å². The molecule has 4 nitrogen and oxygen atoms in total. The molecule has 15 heavy (non-hydrogen) atoms. The van der Waals surface area contributed by atoms with Gasteiger partial charge in [-0.25, -0.2) is 8.42 Å². The summed E-state index contributed by atoms with van der Waals surface area (Å²) in [5, 5.41) is 0. The van der Waals surface area contributed by atoms with Crippen LogP contribution in [0.3, 0.4) is 0 Å². The van der Waals surface area contributed by atoms with Gasteiger partial charge in [-0.2, -0.15) is 0 Å². The van der Waals surface area contributed by atoms with E-state index in [1.165, 1.54) is 12.2 Å². The maximum atomic E-state index is 11.6. The van der Waals surface area contributed by atoms with E-state index in [1.54, 1.807) is 0 Å². The fourth-order valence-corrected chi connectivity index (χ4v) is 2.58. The molecule has 0 atom stereocenters. The predicted octanol–water partition coefficient (Wildman–Crippen LogP) is 1.10. The zero-order valence-corrected chi connectivity index (χ0v) is 9.84. The molecule has 0 spiro atoms. The molecule has 0 aliphatic heterocycles. The van der Waals surface area contributed by atoms with Crippen LogP contribution in [0.15, 0.2) is 25.3 Å². The van der Waals surface area contributed by atoms with Crippen molar-refractivity contribution in [1.82, 2.24) is 0 Å². The number of hydrogen-bond donors (Lipinski definition) is 0. The number of allylic oxidation sites excluding steroid dienone is 2. The number of methoxy groups -OCH3 is 1. The topological polar surface area (TPSA) is 60.4 Å². The average molecular weight is 232 g/mol. The van der Waals surface area contributed by atoms with Gasteiger partial charge in [0.1, 0.15) is 0 Å². The lowest BCUT2D eigenvalue weighted by Crippen LogP contribution is -2.46. The van der Waals surface area contributed by atoms with Crippen LogP contribution in [0.2, 0.25) is 0 Å². The molecule has 5 heteroatoms. The smallest absolute Gasteiger partial charge is 0.327 e. The second kappa shape index (κ2) is 5.11. The average Bonchev–Trinajstić information content (AvgIpc) is 2.14. The minimum atomic E-state index is -3.58. The first kappa shape index (κ1) is 13.9. The standard InChI is InChI=1S/C10H16O4S/c1-5-7-10(8-6-2,9(11)14-3)15(4,12)13/h5-6H,1-2,7-8H2,3-4H3. The number of sulfone groups is 1. The highest BCUT2D eigenvalue weighted by Crippen LogP contribution is 2.28. The SMILES string of the molecule is C=CCC(CC=C)(C(=O)OC)S(C)(=O)=O. The summed E-state index contributed by atoms with van der Waals surface area (Å²) >= 11 is 0. The number of ether oxygens (including phenoxy) is 1. The Balaban J connectivity index is 5.56. The van der Waals surface area contributed by atoms with Gasteiger partial charge >= 0.3 is 5.97 Å². The third-order valence-electron chi connectivity index (χ3n) is 2.22. The molecule has 0 fully saturated rings. The Morgan fingerprint density at radius 3 is 1.93 bits per heavy atom. The molecule has 0 saturated carbocycles. The summed E-state index contributed by atoms with van der Waals surface area (Å²) in [6.07, 6.45) is 3.83. The van der Waals surface area contributed by atoms with Crippen molar-refractivity contribution in [3.05, 3.63) is 25.3 Å². The van der Waals surface area contributed by atoms with Crippen LogP contribution < -0.4 is 0 Å². The fourth-order valence-electron chi connectivity index (χ4n) is 1.36. The molecule has 0 aromatic carbocycles. The monoisotopic (exact) mass is 232 g/mol. The minimum Gasteiger partial charge on any atom is -0.468 e. The number of hydrogen-bond acceptors (Lipinski definition) is 4. The van der Waals surface area contributed by atoms with Crippen LogP contribution in [-0.2, 0) is 19.4 Å². The van der Waals surface area contributed by atoms with Gasteiger partial charge in [0, 0.05) is 6.26 Å². The summed E-state index contributed by atoms with van der Waals surface area (Å²) in [5.41, 5.74) is 0. The highest BCUT2D eigenvalue weighted by molar-refractivity contribution is 7.92. The molecule has 0 saturated heterocycles. The van der Waals surface area contributed by atoms with E-state index < -0.39 is 20.6 Å². The van der Waals surface area contributed by atoms with Crippen molar-refractivity contribution in [1.29, 1.82) is 0 Å². The Morgan fingerprint density at radius 2 is 1.73 bits per heavy atom.